The van der Waals surface area contributed by atoms with E-state index >= 15 is 0 Å². The average Bonchev–Trinajstić information content (AvgIpc) is 2.77. The fraction of sp³-hybridized carbons (Fsp3) is 0.600. The first kappa shape index (κ1) is 12.0. The zero-order valence-corrected chi connectivity index (χ0v) is 9.27. The van der Waals surface area contributed by atoms with Crippen LogP contribution in [0.3, 0.4) is 0 Å². The SMILES string of the molecule is O=C(c1ccn(CC(F)F)n1)N1CCNCC1. The molecule has 2 rings (SSSR count). The summed E-state index contributed by atoms with van der Waals surface area (Å²) < 4.78 is 25.3. The van der Waals surface area contributed by atoms with E-state index < -0.39 is 13.0 Å². The molecule has 0 radical (unpaired) electrons. The molecule has 0 unspecified atom stereocenters. The van der Waals surface area contributed by atoms with Crippen molar-refractivity contribution in [1.29, 1.82) is 0 Å². The van der Waals surface area contributed by atoms with Crippen LogP contribution in [0.1, 0.15) is 10.5 Å². The molecule has 0 aromatic carbocycles. The summed E-state index contributed by atoms with van der Waals surface area (Å²) in [5.74, 6) is -0.195. The molecule has 1 aliphatic heterocycles. The Morgan fingerprint density at radius 3 is 2.82 bits per heavy atom. The fourth-order valence-corrected chi connectivity index (χ4v) is 1.75. The number of nitrogens with zero attached hydrogens (tertiary/aromatic N) is 3. The van der Waals surface area contributed by atoms with Gasteiger partial charge in [0.05, 0.1) is 0 Å². The van der Waals surface area contributed by atoms with Gasteiger partial charge in [0, 0.05) is 32.4 Å². The van der Waals surface area contributed by atoms with Gasteiger partial charge in [-0.25, -0.2) is 8.78 Å². The number of carbonyl (C=O) groups is 1. The van der Waals surface area contributed by atoms with E-state index in [0.29, 0.717) is 13.1 Å². The lowest BCUT2D eigenvalue weighted by atomic mass is 10.3. The van der Waals surface area contributed by atoms with Crippen molar-refractivity contribution >= 4 is 5.91 Å². The molecule has 0 saturated carbocycles. The van der Waals surface area contributed by atoms with Gasteiger partial charge in [0.25, 0.3) is 12.3 Å². The number of amides is 1. The van der Waals surface area contributed by atoms with Gasteiger partial charge in [-0.1, -0.05) is 0 Å². The largest absolute Gasteiger partial charge is 0.335 e. The van der Waals surface area contributed by atoms with E-state index in [1.54, 1.807) is 4.90 Å². The Morgan fingerprint density at radius 2 is 2.18 bits per heavy atom. The smallest absolute Gasteiger partial charge is 0.274 e. The van der Waals surface area contributed by atoms with Crippen LogP contribution in [0.4, 0.5) is 8.78 Å². The molecule has 1 aliphatic rings. The van der Waals surface area contributed by atoms with Crippen molar-refractivity contribution < 1.29 is 13.6 Å². The number of halogens is 2. The van der Waals surface area contributed by atoms with Crippen molar-refractivity contribution in [1.82, 2.24) is 20.0 Å². The van der Waals surface area contributed by atoms with Crippen LogP contribution in [0.2, 0.25) is 0 Å². The summed E-state index contributed by atoms with van der Waals surface area (Å²) in [5.41, 5.74) is 0.229. The van der Waals surface area contributed by atoms with E-state index in [-0.39, 0.29) is 11.6 Å². The lowest BCUT2D eigenvalue weighted by Crippen LogP contribution is -2.46. The molecule has 1 N–H and O–H groups in total. The lowest BCUT2D eigenvalue weighted by molar-refractivity contribution is 0.0726. The van der Waals surface area contributed by atoms with Gasteiger partial charge >= 0.3 is 0 Å². The summed E-state index contributed by atoms with van der Waals surface area (Å²) in [4.78, 5) is 13.6. The van der Waals surface area contributed by atoms with E-state index in [4.69, 9.17) is 0 Å². The Morgan fingerprint density at radius 1 is 1.47 bits per heavy atom. The van der Waals surface area contributed by atoms with Gasteiger partial charge in [0.15, 0.2) is 0 Å². The van der Waals surface area contributed by atoms with E-state index in [2.05, 4.69) is 10.4 Å². The minimum Gasteiger partial charge on any atom is -0.335 e. The zero-order chi connectivity index (χ0) is 12.3. The van der Waals surface area contributed by atoms with Crippen molar-refractivity contribution in [3.05, 3.63) is 18.0 Å². The second kappa shape index (κ2) is 5.22. The van der Waals surface area contributed by atoms with Crippen LogP contribution in [-0.2, 0) is 6.54 Å². The van der Waals surface area contributed by atoms with Gasteiger partial charge < -0.3 is 10.2 Å². The molecule has 0 atom stereocenters. The van der Waals surface area contributed by atoms with Crippen LogP contribution in [0.25, 0.3) is 0 Å². The molecular formula is C10H14F2N4O. The van der Waals surface area contributed by atoms with E-state index in [1.165, 1.54) is 12.3 Å². The molecule has 0 spiro atoms. The number of carbonyl (C=O) groups excluding carboxylic acids is 1. The average molecular weight is 244 g/mol. The first-order chi connectivity index (χ1) is 8.16. The van der Waals surface area contributed by atoms with Crippen LogP contribution in [0.15, 0.2) is 12.3 Å². The Labute approximate surface area is 97.4 Å². The Bertz CT molecular complexity index is 387. The van der Waals surface area contributed by atoms with Crippen LogP contribution >= 0.6 is 0 Å². The Hall–Kier alpha value is -1.50. The molecule has 1 aromatic rings. The number of alkyl halides is 2. The third-order valence-corrected chi connectivity index (χ3v) is 2.59. The highest BCUT2D eigenvalue weighted by molar-refractivity contribution is 5.92. The summed E-state index contributed by atoms with van der Waals surface area (Å²) in [6, 6.07) is 1.48. The van der Waals surface area contributed by atoms with E-state index in [1.807, 2.05) is 0 Å². The predicted octanol–water partition coefficient (Wildman–Crippen LogP) is 0.194. The molecule has 2 heterocycles. The fourth-order valence-electron chi connectivity index (χ4n) is 1.75. The van der Waals surface area contributed by atoms with Crippen molar-refractivity contribution in [3.63, 3.8) is 0 Å². The van der Waals surface area contributed by atoms with Crippen LogP contribution in [0.5, 0.6) is 0 Å². The number of hydrogen-bond donors (Lipinski definition) is 1. The molecule has 0 bridgehead atoms. The molecular weight excluding hydrogens is 230 g/mol. The Kier molecular flexibility index (Phi) is 3.68. The first-order valence-corrected chi connectivity index (χ1v) is 5.48. The maximum absolute atomic E-state index is 12.1. The molecule has 1 amide bonds. The van der Waals surface area contributed by atoms with Gasteiger partial charge in [-0.3, -0.25) is 9.48 Å². The first-order valence-electron chi connectivity index (χ1n) is 5.48. The number of hydrogen-bond acceptors (Lipinski definition) is 3. The molecule has 1 aromatic heterocycles. The molecule has 7 heteroatoms. The molecule has 0 aliphatic carbocycles. The van der Waals surface area contributed by atoms with Crippen molar-refractivity contribution in [3.8, 4) is 0 Å². The normalized spacial score (nSPS) is 16.5. The standard InChI is InChI=1S/C10H14F2N4O/c11-9(12)7-16-4-1-8(14-16)10(17)15-5-2-13-3-6-15/h1,4,9,13H,2-3,5-7H2. The third kappa shape index (κ3) is 3.00. The summed E-state index contributed by atoms with van der Waals surface area (Å²) in [5, 5.41) is 6.98. The maximum atomic E-state index is 12.1. The highest BCUT2D eigenvalue weighted by Crippen LogP contribution is 2.05. The van der Waals surface area contributed by atoms with Gasteiger partial charge in [0.1, 0.15) is 12.2 Å². The number of piperazine rings is 1. The second-order valence-electron chi connectivity index (χ2n) is 3.86. The lowest BCUT2D eigenvalue weighted by Gasteiger charge is -2.26. The third-order valence-electron chi connectivity index (χ3n) is 2.59. The molecule has 94 valence electrons. The Balaban J connectivity index is 2.01. The summed E-state index contributed by atoms with van der Waals surface area (Å²) in [6.07, 6.45) is -1.06. The monoisotopic (exact) mass is 244 g/mol. The van der Waals surface area contributed by atoms with Crippen LogP contribution < -0.4 is 5.32 Å². The minimum atomic E-state index is -2.46. The quantitative estimate of drug-likeness (QED) is 0.826. The predicted molar refractivity (Wildman–Crippen MR) is 57.0 cm³/mol. The number of nitrogens with one attached hydrogen (secondary N) is 1. The molecule has 17 heavy (non-hydrogen) atoms. The molecule has 1 saturated heterocycles. The van der Waals surface area contributed by atoms with Crippen molar-refractivity contribution in [2.24, 2.45) is 0 Å². The zero-order valence-electron chi connectivity index (χ0n) is 9.27. The van der Waals surface area contributed by atoms with Crippen LogP contribution in [-0.4, -0.2) is 53.2 Å². The second-order valence-corrected chi connectivity index (χ2v) is 3.86. The van der Waals surface area contributed by atoms with Gasteiger partial charge in [0.2, 0.25) is 0 Å². The number of aromatic nitrogens is 2. The van der Waals surface area contributed by atoms with Gasteiger partial charge in [-0.2, -0.15) is 5.10 Å². The summed E-state index contributed by atoms with van der Waals surface area (Å²) in [7, 11) is 0. The molecule has 5 nitrogen and oxygen atoms in total. The van der Waals surface area contributed by atoms with E-state index in [9.17, 15) is 13.6 Å². The van der Waals surface area contributed by atoms with Crippen LogP contribution in [0, 0.1) is 0 Å². The maximum Gasteiger partial charge on any atom is 0.274 e. The van der Waals surface area contributed by atoms with Gasteiger partial charge in [-0.15, -0.1) is 0 Å². The minimum absolute atomic E-state index is 0.195. The van der Waals surface area contributed by atoms with Gasteiger partial charge in [-0.05, 0) is 6.07 Å². The highest BCUT2D eigenvalue weighted by atomic mass is 19.3. The van der Waals surface area contributed by atoms with Crippen molar-refractivity contribution in [2.75, 3.05) is 26.2 Å². The topological polar surface area (TPSA) is 50.2 Å². The summed E-state index contributed by atoms with van der Waals surface area (Å²) in [6.45, 7) is 2.28. The molecule has 1 fully saturated rings. The van der Waals surface area contributed by atoms with Crippen molar-refractivity contribution in [2.45, 2.75) is 13.0 Å². The number of rotatable bonds is 3. The summed E-state index contributed by atoms with van der Waals surface area (Å²) >= 11 is 0. The highest BCUT2D eigenvalue weighted by Gasteiger charge is 2.20. The van der Waals surface area contributed by atoms with E-state index in [0.717, 1.165) is 17.8 Å².